The van der Waals surface area contributed by atoms with Crippen molar-refractivity contribution in [1.29, 1.82) is 0 Å². The van der Waals surface area contributed by atoms with E-state index >= 15 is 0 Å². The van der Waals surface area contributed by atoms with Gasteiger partial charge in [0, 0.05) is 17.7 Å². The van der Waals surface area contributed by atoms with Crippen molar-refractivity contribution >= 4 is 45.3 Å². The smallest absolute Gasteiger partial charge is 0.288 e. The van der Waals surface area contributed by atoms with E-state index in [0.29, 0.717) is 11.5 Å². The van der Waals surface area contributed by atoms with Crippen LogP contribution < -0.4 is 5.43 Å². The first-order chi connectivity index (χ1) is 10.4. The Morgan fingerprint density at radius 1 is 1.50 bits per heavy atom. The number of nitrogens with one attached hydrogen (secondary N) is 1. The van der Waals surface area contributed by atoms with Crippen molar-refractivity contribution < 1.29 is 14.1 Å². The predicted octanol–water partition coefficient (Wildman–Crippen LogP) is 3.68. The summed E-state index contributed by atoms with van der Waals surface area (Å²) in [5.74, 6) is 0.534. The maximum Gasteiger partial charge on any atom is 0.288 e. The van der Waals surface area contributed by atoms with Gasteiger partial charge in [-0.3, -0.25) is 14.9 Å². The average Bonchev–Trinajstić information content (AvgIpc) is 2.77. The first-order valence-electron chi connectivity index (χ1n) is 5.91. The molecule has 0 aliphatic carbocycles. The molecular weight excluding hydrogens is 378 g/mol. The molecule has 0 spiro atoms. The molecule has 7 nitrogen and oxygen atoms in total. The Bertz CT molecular complexity index is 753. The molecule has 2 aromatic rings. The van der Waals surface area contributed by atoms with Crippen LogP contribution in [-0.4, -0.2) is 17.0 Å². The molecule has 0 saturated heterocycles. The summed E-state index contributed by atoms with van der Waals surface area (Å²) in [6, 6.07) is 5.43. The lowest BCUT2D eigenvalue weighted by Crippen LogP contribution is -2.17. The van der Waals surface area contributed by atoms with E-state index < -0.39 is 10.8 Å². The molecule has 9 heteroatoms. The van der Waals surface area contributed by atoms with E-state index in [2.05, 4.69) is 26.5 Å². The first-order valence-corrected chi connectivity index (χ1v) is 7.09. The van der Waals surface area contributed by atoms with Gasteiger partial charge in [-0.15, -0.1) is 0 Å². The van der Waals surface area contributed by atoms with E-state index in [9.17, 15) is 14.9 Å². The van der Waals surface area contributed by atoms with Crippen LogP contribution in [-0.2, 0) is 0 Å². The van der Waals surface area contributed by atoms with Gasteiger partial charge in [-0.05, 0) is 35.0 Å². The number of amides is 1. The highest BCUT2D eigenvalue weighted by molar-refractivity contribution is 9.10. The number of nitro benzene ring substituents is 1. The number of benzene rings is 1. The lowest BCUT2D eigenvalue weighted by molar-refractivity contribution is -0.384. The van der Waals surface area contributed by atoms with Crippen molar-refractivity contribution in [2.75, 3.05) is 0 Å². The Labute approximate surface area is 138 Å². The molecule has 0 radical (unpaired) electrons. The normalized spacial score (nSPS) is 10.9. The topological polar surface area (TPSA) is 97.7 Å². The van der Waals surface area contributed by atoms with Crippen molar-refractivity contribution in [1.82, 2.24) is 5.43 Å². The average molecular weight is 387 g/mol. The molecule has 0 fully saturated rings. The van der Waals surface area contributed by atoms with Gasteiger partial charge < -0.3 is 4.42 Å². The van der Waals surface area contributed by atoms with Gasteiger partial charge in [0.1, 0.15) is 16.5 Å². The summed E-state index contributed by atoms with van der Waals surface area (Å²) in [7, 11) is 0. The van der Waals surface area contributed by atoms with Crippen LogP contribution in [0.3, 0.4) is 0 Å². The Balaban J connectivity index is 2.09. The second-order valence-corrected chi connectivity index (χ2v) is 5.44. The number of hydrogen-bond donors (Lipinski definition) is 1. The van der Waals surface area contributed by atoms with Crippen molar-refractivity contribution in [3.63, 3.8) is 0 Å². The molecular formula is C13H9BrClN3O4. The van der Waals surface area contributed by atoms with E-state index in [1.807, 2.05) is 0 Å². The SMILES string of the molecule is Cc1oc(/C=N/NC(=O)c2ccc(Cl)c([N+](=O)[O-])c2)cc1Br. The number of hydrazone groups is 1. The summed E-state index contributed by atoms with van der Waals surface area (Å²) >= 11 is 8.96. The van der Waals surface area contributed by atoms with Crippen LogP contribution >= 0.6 is 27.5 Å². The highest BCUT2D eigenvalue weighted by atomic mass is 79.9. The highest BCUT2D eigenvalue weighted by Gasteiger charge is 2.15. The lowest BCUT2D eigenvalue weighted by atomic mass is 10.2. The molecule has 0 aliphatic heterocycles. The van der Waals surface area contributed by atoms with Gasteiger partial charge >= 0.3 is 0 Å². The molecule has 1 N–H and O–H groups in total. The number of hydrogen-bond acceptors (Lipinski definition) is 5. The number of nitro groups is 1. The van der Waals surface area contributed by atoms with E-state index in [4.69, 9.17) is 16.0 Å². The number of carbonyl (C=O) groups excluding carboxylic acids is 1. The zero-order valence-corrected chi connectivity index (χ0v) is 13.5. The second kappa shape index (κ2) is 6.71. The molecule has 1 heterocycles. The third kappa shape index (κ3) is 3.71. The fourth-order valence-electron chi connectivity index (χ4n) is 1.56. The monoisotopic (exact) mass is 385 g/mol. The van der Waals surface area contributed by atoms with Gasteiger partial charge in [-0.25, -0.2) is 5.43 Å². The molecule has 114 valence electrons. The minimum atomic E-state index is -0.661. The highest BCUT2D eigenvalue weighted by Crippen LogP contribution is 2.25. The molecule has 1 aromatic heterocycles. The van der Waals surface area contributed by atoms with E-state index in [-0.39, 0.29) is 16.3 Å². The van der Waals surface area contributed by atoms with Crippen LogP contribution in [0, 0.1) is 17.0 Å². The molecule has 22 heavy (non-hydrogen) atoms. The van der Waals surface area contributed by atoms with Gasteiger partial charge in [0.15, 0.2) is 0 Å². The molecule has 0 bridgehead atoms. The largest absolute Gasteiger partial charge is 0.459 e. The maximum absolute atomic E-state index is 11.9. The number of carbonyl (C=O) groups is 1. The molecule has 2 rings (SSSR count). The molecule has 0 unspecified atom stereocenters. The number of furan rings is 1. The lowest BCUT2D eigenvalue weighted by Gasteiger charge is -2.00. The van der Waals surface area contributed by atoms with Crippen molar-refractivity contribution in [3.05, 3.63) is 61.0 Å². The molecule has 1 amide bonds. The Kier molecular flexibility index (Phi) is 4.94. The van der Waals surface area contributed by atoms with Gasteiger partial charge in [0.25, 0.3) is 11.6 Å². The van der Waals surface area contributed by atoms with Crippen LogP contribution in [0.2, 0.25) is 5.02 Å². The quantitative estimate of drug-likeness (QED) is 0.492. The van der Waals surface area contributed by atoms with Gasteiger partial charge in [0.05, 0.1) is 15.6 Å². The standard InChI is InChI=1S/C13H9BrClN3O4/c1-7-10(14)5-9(22-7)6-16-17-13(19)8-2-3-11(15)12(4-8)18(20)21/h2-6H,1H3,(H,17,19)/b16-6+. The third-order valence-electron chi connectivity index (χ3n) is 2.64. The van der Waals surface area contributed by atoms with E-state index in [0.717, 1.165) is 10.5 Å². The molecule has 0 aliphatic rings. The third-order valence-corrected chi connectivity index (χ3v) is 3.75. The summed E-state index contributed by atoms with van der Waals surface area (Å²) in [6.45, 7) is 1.77. The molecule has 1 aromatic carbocycles. The zero-order chi connectivity index (χ0) is 16.3. The van der Waals surface area contributed by atoms with E-state index in [1.54, 1.807) is 13.0 Å². The Morgan fingerprint density at radius 3 is 2.82 bits per heavy atom. The predicted molar refractivity (Wildman–Crippen MR) is 84.3 cm³/mol. The number of rotatable bonds is 4. The van der Waals surface area contributed by atoms with Crippen molar-refractivity contribution in [3.8, 4) is 0 Å². The maximum atomic E-state index is 11.9. The molecule has 0 saturated carbocycles. The minimum absolute atomic E-state index is 0.0408. The Hall–Kier alpha value is -2.19. The Morgan fingerprint density at radius 2 is 2.23 bits per heavy atom. The minimum Gasteiger partial charge on any atom is -0.459 e. The van der Waals surface area contributed by atoms with Gasteiger partial charge in [-0.2, -0.15) is 5.10 Å². The summed E-state index contributed by atoms with van der Waals surface area (Å²) in [6.07, 6.45) is 1.32. The summed E-state index contributed by atoms with van der Waals surface area (Å²) in [5.41, 5.74) is 1.98. The first kappa shape index (κ1) is 16.2. The number of halogens is 2. The van der Waals surface area contributed by atoms with E-state index in [1.165, 1.54) is 18.3 Å². The fraction of sp³-hybridized carbons (Fsp3) is 0.0769. The van der Waals surface area contributed by atoms with Crippen LogP contribution in [0.15, 0.2) is 38.3 Å². The van der Waals surface area contributed by atoms with Crippen molar-refractivity contribution in [2.45, 2.75) is 6.92 Å². The van der Waals surface area contributed by atoms with Crippen LogP contribution in [0.5, 0.6) is 0 Å². The second-order valence-electron chi connectivity index (χ2n) is 4.18. The fourth-order valence-corrected chi connectivity index (χ4v) is 2.05. The summed E-state index contributed by atoms with van der Waals surface area (Å²) in [4.78, 5) is 22.0. The number of nitrogens with zero attached hydrogens (tertiary/aromatic N) is 2. The van der Waals surface area contributed by atoms with Crippen LogP contribution in [0.4, 0.5) is 5.69 Å². The van der Waals surface area contributed by atoms with Crippen LogP contribution in [0.25, 0.3) is 0 Å². The summed E-state index contributed by atoms with van der Waals surface area (Å²) < 4.78 is 6.10. The summed E-state index contributed by atoms with van der Waals surface area (Å²) in [5, 5.41) is 14.5. The molecule has 0 atom stereocenters. The van der Waals surface area contributed by atoms with Gasteiger partial charge in [0.2, 0.25) is 0 Å². The van der Waals surface area contributed by atoms with Crippen molar-refractivity contribution in [2.24, 2.45) is 5.10 Å². The number of aryl methyl sites for hydroxylation is 1. The zero-order valence-electron chi connectivity index (χ0n) is 11.2. The van der Waals surface area contributed by atoms with Gasteiger partial charge in [-0.1, -0.05) is 11.6 Å². The van der Waals surface area contributed by atoms with Crippen LogP contribution in [0.1, 0.15) is 21.9 Å².